The molecule has 152 valence electrons. The summed E-state index contributed by atoms with van der Waals surface area (Å²) in [5.41, 5.74) is 0.409. The molecule has 8 atom stereocenters. The third kappa shape index (κ3) is 2.38. The molecule has 27 heavy (non-hydrogen) atoms. The summed E-state index contributed by atoms with van der Waals surface area (Å²) in [5, 5.41) is 0. The number of ether oxygens (including phenoxy) is 2. The van der Waals surface area contributed by atoms with Gasteiger partial charge < -0.3 is 9.47 Å². The van der Waals surface area contributed by atoms with Crippen LogP contribution in [0.4, 0.5) is 0 Å². The van der Waals surface area contributed by atoms with E-state index in [1.54, 1.807) is 0 Å². The van der Waals surface area contributed by atoms with Gasteiger partial charge in [-0.3, -0.25) is 0 Å². The standard InChI is InChI=1S/C25H40O2/c1-4-26-24-19-13-20(25(24,2)3)21-17-11-16(18(12-17)22(19)21)9-10-27-23-14-5-6-15(23)8-7-14/h14-24H,4-13H2,1-3H3. The molecular weight excluding hydrogens is 332 g/mol. The molecule has 6 aliphatic rings. The Hall–Kier alpha value is -0.0800. The predicted molar refractivity (Wildman–Crippen MR) is 107 cm³/mol. The summed E-state index contributed by atoms with van der Waals surface area (Å²) in [6, 6.07) is 0. The Kier molecular flexibility index (Phi) is 4.08. The molecule has 6 fully saturated rings. The fraction of sp³-hybridized carbons (Fsp3) is 1.00. The van der Waals surface area contributed by atoms with Crippen molar-refractivity contribution in [3.05, 3.63) is 0 Å². The van der Waals surface area contributed by atoms with Gasteiger partial charge in [0.05, 0.1) is 12.2 Å². The minimum absolute atomic E-state index is 0.409. The molecule has 8 unspecified atom stereocenters. The number of hydrogen-bond donors (Lipinski definition) is 0. The minimum atomic E-state index is 0.409. The fourth-order valence-electron chi connectivity index (χ4n) is 9.95. The number of rotatable bonds is 6. The van der Waals surface area contributed by atoms with Crippen LogP contribution in [0.15, 0.2) is 0 Å². The molecular formula is C25H40O2. The lowest BCUT2D eigenvalue weighted by Crippen LogP contribution is -2.48. The lowest BCUT2D eigenvalue weighted by atomic mass is 9.59. The average Bonchev–Trinajstić information content (AvgIpc) is 3.45. The van der Waals surface area contributed by atoms with E-state index >= 15 is 0 Å². The molecule has 6 saturated carbocycles. The first-order valence-corrected chi connectivity index (χ1v) is 12.3. The van der Waals surface area contributed by atoms with E-state index in [-0.39, 0.29) is 0 Å². The molecule has 0 radical (unpaired) electrons. The quantitative estimate of drug-likeness (QED) is 0.569. The molecule has 6 aliphatic carbocycles. The first kappa shape index (κ1) is 17.8. The van der Waals surface area contributed by atoms with Crippen molar-refractivity contribution in [3.63, 3.8) is 0 Å². The zero-order valence-electron chi connectivity index (χ0n) is 17.7. The Balaban J connectivity index is 1.11. The van der Waals surface area contributed by atoms with Crippen LogP contribution in [0.1, 0.15) is 72.1 Å². The maximum atomic E-state index is 6.50. The van der Waals surface area contributed by atoms with E-state index in [2.05, 4.69) is 20.8 Å². The van der Waals surface area contributed by atoms with E-state index in [0.29, 0.717) is 17.6 Å². The third-order valence-corrected chi connectivity index (χ3v) is 10.7. The minimum Gasteiger partial charge on any atom is -0.378 e. The van der Waals surface area contributed by atoms with Gasteiger partial charge in [-0.1, -0.05) is 13.8 Å². The molecule has 0 aromatic heterocycles. The molecule has 6 rings (SSSR count). The molecule has 0 heterocycles. The first-order chi connectivity index (χ1) is 13.1. The predicted octanol–water partition coefficient (Wildman–Crippen LogP) is 5.55. The SMILES string of the molecule is CCOC1C2CC(C3C4CC(CCOC5C6CCC5CC6)C(C4)C23)C1(C)C. The van der Waals surface area contributed by atoms with Crippen molar-refractivity contribution in [1.29, 1.82) is 0 Å². The maximum Gasteiger partial charge on any atom is 0.0659 e. The van der Waals surface area contributed by atoms with Crippen LogP contribution in [0.2, 0.25) is 0 Å². The van der Waals surface area contributed by atoms with Crippen LogP contribution in [0, 0.1) is 58.7 Å². The first-order valence-electron chi connectivity index (χ1n) is 12.3. The van der Waals surface area contributed by atoms with Gasteiger partial charge in [-0.25, -0.2) is 0 Å². The molecule has 6 bridgehead atoms. The zero-order valence-corrected chi connectivity index (χ0v) is 17.7. The summed E-state index contributed by atoms with van der Waals surface area (Å²) >= 11 is 0. The second-order valence-electron chi connectivity index (χ2n) is 11.8. The molecule has 0 saturated heterocycles. The topological polar surface area (TPSA) is 18.5 Å². The van der Waals surface area contributed by atoms with Gasteiger partial charge in [-0.15, -0.1) is 0 Å². The monoisotopic (exact) mass is 372 g/mol. The molecule has 2 heteroatoms. The maximum absolute atomic E-state index is 6.50. The van der Waals surface area contributed by atoms with Crippen molar-refractivity contribution < 1.29 is 9.47 Å². The lowest BCUT2D eigenvalue weighted by molar-refractivity contribution is -0.105. The Morgan fingerprint density at radius 3 is 2.26 bits per heavy atom. The highest BCUT2D eigenvalue weighted by atomic mass is 16.5. The summed E-state index contributed by atoms with van der Waals surface area (Å²) in [7, 11) is 0. The molecule has 0 spiro atoms. The van der Waals surface area contributed by atoms with Crippen molar-refractivity contribution >= 4 is 0 Å². The highest BCUT2D eigenvalue weighted by Gasteiger charge is 2.69. The van der Waals surface area contributed by atoms with Crippen molar-refractivity contribution in [1.82, 2.24) is 0 Å². The van der Waals surface area contributed by atoms with Crippen LogP contribution in [0.3, 0.4) is 0 Å². The molecule has 0 aromatic carbocycles. The summed E-state index contributed by atoms with van der Waals surface area (Å²) in [6.45, 7) is 9.17. The van der Waals surface area contributed by atoms with Gasteiger partial charge in [0.25, 0.3) is 0 Å². The van der Waals surface area contributed by atoms with Crippen LogP contribution in [-0.4, -0.2) is 25.4 Å². The van der Waals surface area contributed by atoms with Crippen LogP contribution in [0.25, 0.3) is 0 Å². The summed E-state index contributed by atoms with van der Waals surface area (Å²) in [5.74, 6) is 8.64. The van der Waals surface area contributed by atoms with Crippen LogP contribution in [0.5, 0.6) is 0 Å². The highest BCUT2D eigenvalue weighted by molar-refractivity contribution is 5.18. The van der Waals surface area contributed by atoms with Crippen LogP contribution in [-0.2, 0) is 9.47 Å². The molecule has 0 N–H and O–H groups in total. The van der Waals surface area contributed by atoms with Gasteiger partial charge in [-0.2, -0.15) is 0 Å². The van der Waals surface area contributed by atoms with Crippen molar-refractivity contribution in [2.75, 3.05) is 13.2 Å². The fourth-order valence-corrected chi connectivity index (χ4v) is 9.95. The largest absolute Gasteiger partial charge is 0.378 e. The lowest BCUT2D eigenvalue weighted by Gasteiger charge is -2.49. The van der Waals surface area contributed by atoms with E-state index in [1.165, 1.54) is 51.4 Å². The number of fused-ring (bicyclic) bond motifs is 11. The Morgan fingerprint density at radius 2 is 1.56 bits per heavy atom. The molecule has 0 amide bonds. The zero-order chi connectivity index (χ0) is 18.3. The van der Waals surface area contributed by atoms with Crippen molar-refractivity contribution in [2.24, 2.45) is 58.7 Å². The summed E-state index contributed by atoms with van der Waals surface area (Å²) < 4.78 is 12.9. The average molecular weight is 373 g/mol. The van der Waals surface area contributed by atoms with Gasteiger partial charge in [0.15, 0.2) is 0 Å². The Bertz CT molecular complexity index is 565. The van der Waals surface area contributed by atoms with Gasteiger partial charge >= 0.3 is 0 Å². The van der Waals surface area contributed by atoms with Gasteiger partial charge in [0.1, 0.15) is 0 Å². The van der Waals surface area contributed by atoms with Gasteiger partial charge in [-0.05, 0) is 117 Å². The normalized spacial score (nSPS) is 56.3. The molecule has 0 aromatic rings. The van der Waals surface area contributed by atoms with Gasteiger partial charge in [0, 0.05) is 13.2 Å². The van der Waals surface area contributed by atoms with Crippen molar-refractivity contribution in [2.45, 2.75) is 84.3 Å². The van der Waals surface area contributed by atoms with Crippen LogP contribution >= 0.6 is 0 Å². The number of hydrogen-bond acceptors (Lipinski definition) is 2. The third-order valence-electron chi connectivity index (χ3n) is 10.7. The highest BCUT2D eigenvalue weighted by Crippen LogP contribution is 2.73. The van der Waals surface area contributed by atoms with E-state index in [9.17, 15) is 0 Å². The van der Waals surface area contributed by atoms with E-state index in [1.807, 2.05) is 0 Å². The summed E-state index contributed by atoms with van der Waals surface area (Å²) in [4.78, 5) is 0. The molecule has 0 aliphatic heterocycles. The smallest absolute Gasteiger partial charge is 0.0659 e. The molecule has 2 nitrogen and oxygen atoms in total. The Labute approximate surface area is 166 Å². The Morgan fingerprint density at radius 1 is 0.815 bits per heavy atom. The van der Waals surface area contributed by atoms with Gasteiger partial charge in [0.2, 0.25) is 0 Å². The second kappa shape index (κ2) is 6.21. The second-order valence-corrected chi connectivity index (χ2v) is 11.8. The van der Waals surface area contributed by atoms with E-state index < -0.39 is 0 Å². The summed E-state index contributed by atoms with van der Waals surface area (Å²) in [6.07, 6.45) is 12.8. The van der Waals surface area contributed by atoms with E-state index in [0.717, 1.165) is 66.5 Å². The van der Waals surface area contributed by atoms with Crippen molar-refractivity contribution in [3.8, 4) is 0 Å². The van der Waals surface area contributed by atoms with Crippen LogP contribution < -0.4 is 0 Å². The van der Waals surface area contributed by atoms with E-state index in [4.69, 9.17) is 9.47 Å².